The zero-order valence-electron chi connectivity index (χ0n) is 11.7. The van der Waals surface area contributed by atoms with Crippen LogP contribution in [0.5, 0.6) is 0 Å². The predicted molar refractivity (Wildman–Crippen MR) is 76.7 cm³/mol. The molecule has 0 radical (unpaired) electrons. The van der Waals surface area contributed by atoms with E-state index < -0.39 is 0 Å². The molecular weight excluding hydrogens is 208 g/mol. The number of rotatable bonds is 6. The Balaban J connectivity index is 2.87. The van der Waals surface area contributed by atoms with Crippen molar-refractivity contribution in [3.8, 4) is 0 Å². The molecule has 0 fully saturated rings. The molecule has 1 aromatic carbocycles. The van der Waals surface area contributed by atoms with Crippen LogP contribution in [0.15, 0.2) is 18.2 Å². The van der Waals surface area contributed by atoms with Gasteiger partial charge in [0.1, 0.15) is 0 Å². The molecule has 0 spiro atoms. The largest absolute Gasteiger partial charge is 0.372 e. The third-order valence-corrected chi connectivity index (χ3v) is 3.03. The molecule has 0 amide bonds. The molecule has 1 atom stereocenters. The van der Waals surface area contributed by atoms with Crippen molar-refractivity contribution in [1.82, 2.24) is 0 Å². The van der Waals surface area contributed by atoms with Gasteiger partial charge in [-0.3, -0.25) is 0 Å². The first-order chi connectivity index (χ1) is 8.08. The second-order valence-corrected chi connectivity index (χ2v) is 4.88. The van der Waals surface area contributed by atoms with Gasteiger partial charge in [-0.1, -0.05) is 19.1 Å². The summed E-state index contributed by atoms with van der Waals surface area (Å²) in [6.07, 6.45) is 2.15. The molecule has 0 heterocycles. The molecule has 1 rings (SSSR count). The Bertz CT molecular complexity index is 345. The normalized spacial score (nSPS) is 12.5. The fraction of sp³-hybridized carbons (Fsp3) is 0.600. The maximum atomic E-state index is 5.84. The van der Waals surface area contributed by atoms with Crippen LogP contribution in [0, 0.1) is 6.92 Å². The van der Waals surface area contributed by atoms with Gasteiger partial charge in [-0.2, -0.15) is 0 Å². The maximum absolute atomic E-state index is 5.84. The molecule has 1 aromatic rings. The van der Waals surface area contributed by atoms with Gasteiger partial charge >= 0.3 is 0 Å². The van der Waals surface area contributed by atoms with Gasteiger partial charge in [0.2, 0.25) is 0 Å². The van der Waals surface area contributed by atoms with Crippen molar-refractivity contribution < 1.29 is 0 Å². The molecule has 0 aliphatic carbocycles. The number of hydrogen-bond donors (Lipinski definition) is 1. The third kappa shape index (κ3) is 4.04. The van der Waals surface area contributed by atoms with Crippen LogP contribution in [-0.4, -0.2) is 19.1 Å². The summed E-state index contributed by atoms with van der Waals surface area (Å²) in [6, 6.07) is 6.96. The summed E-state index contributed by atoms with van der Waals surface area (Å²) in [5.74, 6) is 0. The lowest BCUT2D eigenvalue weighted by atomic mass is 10.0. The van der Waals surface area contributed by atoms with Crippen LogP contribution in [0.3, 0.4) is 0 Å². The van der Waals surface area contributed by atoms with E-state index in [2.05, 4.69) is 50.8 Å². The Morgan fingerprint density at radius 2 is 2.00 bits per heavy atom. The van der Waals surface area contributed by atoms with Crippen molar-refractivity contribution in [3.05, 3.63) is 29.3 Å². The van der Waals surface area contributed by atoms with E-state index in [4.69, 9.17) is 5.73 Å². The summed E-state index contributed by atoms with van der Waals surface area (Å²) in [7, 11) is 0. The van der Waals surface area contributed by atoms with Gasteiger partial charge < -0.3 is 10.6 Å². The number of benzene rings is 1. The Morgan fingerprint density at radius 3 is 2.47 bits per heavy atom. The highest BCUT2D eigenvalue weighted by Gasteiger charge is 2.07. The van der Waals surface area contributed by atoms with E-state index in [0.29, 0.717) is 0 Å². The zero-order valence-corrected chi connectivity index (χ0v) is 11.7. The quantitative estimate of drug-likeness (QED) is 0.819. The molecule has 0 aliphatic heterocycles. The lowest BCUT2D eigenvalue weighted by Crippen LogP contribution is -2.24. The number of aryl methyl sites for hydroxylation is 1. The highest BCUT2D eigenvalue weighted by Crippen LogP contribution is 2.22. The van der Waals surface area contributed by atoms with E-state index in [9.17, 15) is 0 Å². The molecule has 96 valence electrons. The summed E-state index contributed by atoms with van der Waals surface area (Å²) in [6.45, 7) is 10.9. The van der Waals surface area contributed by atoms with Crippen LogP contribution in [-0.2, 0) is 6.42 Å². The second-order valence-electron chi connectivity index (χ2n) is 4.88. The summed E-state index contributed by atoms with van der Waals surface area (Å²) < 4.78 is 0. The third-order valence-electron chi connectivity index (χ3n) is 3.03. The van der Waals surface area contributed by atoms with E-state index in [1.54, 1.807) is 0 Å². The first-order valence-corrected chi connectivity index (χ1v) is 6.68. The smallest absolute Gasteiger partial charge is 0.0396 e. The highest BCUT2D eigenvalue weighted by molar-refractivity contribution is 5.54. The standard InChI is InChI=1S/C15H26N2/c1-5-9-17(6-2)15-8-7-14(10-12(15)3)11-13(4)16/h7-8,10,13H,5-6,9,11,16H2,1-4H3. The predicted octanol–water partition coefficient (Wildman–Crippen LogP) is 3.12. The number of hydrogen-bond acceptors (Lipinski definition) is 2. The molecule has 0 saturated carbocycles. The van der Waals surface area contributed by atoms with Gasteiger partial charge in [-0.05, 0) is 50.8 Å². The van der Waals surface area contributed by atoms with E-state index >= 15 is 0 Å². The van der Waals surface area contributed by atoms with Gasteiger partial charge in [0, 0.05) is 24.8 Å². The van der Waals surface area contributed by atoms with Gasteiger partial charge in [0.15, 0.2) is 0 Å². The minimum absolute atomic E-state index is 0.234. The first-order valence-electron chi connectivity index (χ1n) is 6.68. The molecule has 0 saturated heterocycles. The lowest BCUT2D eigenvalue weighted by Gasteiger charge is -2.25. The average molecular weight is 234 g/mol. The maximum Gasteiger partial charge on any atom is 0.0396 e. The van der Waals surface area contributed by atoms with Gasteiger partial charge in [0.25, 0.3) is 0 Å². The fourth-order valence-electron chi connectivity index (χ4n) is 2.29. The monoisotopic (exact) mass is 234 g/mol. The van der Waals surface area contributed by atoms with Gasteiger partial charge in [-0.25, -0.2) is 0 Å². The molecule has 0 bridgehead atoms. The van der Waals surface area contributed by atoms with Gasteiger partial charge in [-0.15, -0.1) is 0 Å². The highest BCUT2D eigenvalue weighted by atomic mass is 15.1. The van der Waals surface area contributed by atoms with Crippen molar-refractivity contribution in [2.75, 3.05) is 18.0 Å². The summed E-state index contributed by atoms with van der Waals surface area (Å²) in [5.41, 5.74) is 9.90. The second kappa shape index (κ2) is 6.65. The summed E-state index contributed by atoms with van der Waals surface area (Å²) >= 11 is 0. The molecule has 17 heavy (non-hydrogen) atoms. The molecule has 2 nitrogen and oxygen atoms in total. The van der Waals surface area contributed by atoms with Crippen molar-refractivity contribution in [2.45, 2.75) is 46.6 Å². The van der Waals surface area contributed by atoms with Gasteiger partial charge in [0.05, 0.1) is 0 Å². The van der Waals surface area contributed by atoms with Crippen LogP contribution in [0.25, 0.3) is 0 Å². The molecule has 2 N–H and O–H groups in total. The van der Waals surface area contributed by atoms with Crippen molar-refractivity contribution >= 4 is 5.69 Å². The SMILES string of the molecule is CCCN(CC)c1ccc(CC(C)N)cc1C. The topological polar surface area (TPSA) is 29.3 Å². The van der Waals surface area contributed by atoms with Crippen LogP contribution < -0.4 is 10.6 Å². The Morgan fingerprint density at radius 1 is 1.29 bits per heavy atom. The van der Waals surface area contributed by atoms with Crippen LogP contribution >= 0.6 is 0 Å². The first kappa shape index (κ1) is 14.0. The fourth-order valence-corrected chi connectivity index (χ4v) is 2.29. The van der Waals surface area contributed by atoms with E-state index in [1.807, 2.05) is 0 Å². The molecule has 1 unspecified atom stereocenters. The summed E-state index contributed by atoms with van der Waals surface area (Å²) in [5, 5.41) is 0. The van der Waals surface area contributed by atoms with E-state index in [-0.39, 0.29) is 6.04 Å². The Labute approximate surface area is 106 Å². The lowest BCUT2D eigenvalue weighted by molar-refractivity contribution is 0.736. The average Bonchev–Trinajstić information content (AvgIpc) is 2.26. The zero-order chi connectivity index (χ0) is 12.8. The minimum atomic E-state index is 0.234. The number of anilines is 1. The van der Waals surface area contributed by atoms with E-state index in [0.717, 1.165) is 19.5 Å². The number of nitrogens with zero attached hydrogens (tertiary/aromatic N) is 1. The molecule has 0 aliphatic rings. The summed E-state index contributed by atoms with van der Waals surface area (Å²) in [4.78, 5) is 2.44. The minimum Gasteiger partial charge on any atom is -0.372 e. The Kier molecular flexibility index (Phi) is 5.49. The van der Waals surface area contributed by atoms with Crippen LogP contribution in [0.4, 0.5) is 5.69 Å². The van der Waals surface area contributed by atoms with Crippen molar-refractivity contribution in [3.63, 3.8) is 0 Å². The number of nitrogens with two attached hydrogens (primary N) is 1. The molecule has 2 heteroatoms. The molecular formula is C15H26N2. The van der Waals surface area contributed by atoms with Crippen LogP contribution in [0.2, 0.25) is 0 Å². The molecule has 0 aromatic heterocycles. The van der Waals surface area contributed by atoms with E-state index in [1.165, 1.54) is 23.2 Å². The Hall–Kier alpha value is -1.02. The van der Waals surface area contributed by atoms with Crippen LogP contribution in [0.1, 0.15) is 38.3 Å². The van der Waals surface area contributed by atoms with Crippen molar-refractivity contribution in [1.29, 1.82) is 0 Å². The van der Waals surface area contributed by atoms with Crippen molar-refractivity contribution in [2.24, 2.45) is 5.73 Å².